The zero-order chi connectivity index (χ0) is 21.6. The molecule has 1 N–H and O–H groups in total. The number of amides is 1. The first-order chi connectivity index (χ1) is 14.3. The largest absolute Gasteiger partial charge is 0.455 e. The van der Waals surface area contributed by atoms with E-state index in [1.807, 2.05) is 54.6 Å². The summed E-state index contributed by atoms with van der Waals surface area (Å²) in [6.07, 6.45) is 3.77. The van der Waals surface area contributed by atoms with Crippen LogP contribution < -0.4 is 5.32 Å². The van der Waals surface area contributed by atoms with E-state index in [1.54, 1.807) is 11.8 Å². The Morgan fingerprint density at radius 1 is 0.967 bits per heavy atom. The van der Waals surface area contributed by atoms with Gasteiger partial charge >= 0.3 is 5.97 Å². The van der Waals surface area contributed by atoms with E-state index in [0.717, 1.165) is 41.2 Å². The van der Waals surface area contributed by atoms with E-state index in [0.29, 0.717) is 5.92 Å². The van der Waals surface area contributed by atoms with Crippen LogP contribution >= 0.6 is 11.8 Å². The van der Waals surface area contributed by atoms with Crippen LogP contribution in [0, 0.1) is 17.3 Å². The second-order valence-electron chi connectivity index (χ2n) is 8.98. The maximum Gasteiger partial charge on any atom is 0.309 e. The summed E-state index contributed by atoms with van der Waals surface area (Å²) in [5, 5.41) is 2.88. The first-order valence-electron chi connectivity index (χ1n) is 10.6. The van der Waals surface area contributed by atoms with E-state index in [4.69, 9.17) is 4.74 Å². The molecule has 0 heterocycles. The monoisotopic (exact) mass is 425 g/mol. The number of para-hydroxylation sites is 1. The summed E-state index contributed by atoms with van der Waals surface area (Å²) >= 11 is 1.58. The van der Waals surface area contributed by atoms with Crippen molar-refractivity contribution in [2.24, 2.45) is 17.3 Å². The van der Waals surface area contributed by atoms with Crippen molar-refractivity contribution in [1.82, 2.24) is 0 Å². The summed E-state index contributed by atoms with van der Waals surface area (Å²) in [4.78, 5) is 26.8. The fourth-order valence-electron chi connectivity index (χ4n) is 3.91. The van der Waals surface area contributed by atoms with Crippen LogP contribution in [0.2, 0.25) is 0 Å². The van der Waals surface area contributed by atoms with E-state index in [9.17, 15) is 9.59 Å². The molecule has 0 bridgehead atoms. The maximum absolute atomic E-state index is 12.4. The summed E-state index contributed by atoms with van der Waals surface area (Å²) in [6.45, 7) is 6.53. The third kappa shape index (κ3) is 6.36. The molecule has 3 rings (SSSR count). The minimum Gasteiger partial charge on any atom is -0.455 e. The van der Waals surface area contributed by atoms with Crippen LogP contribution in [0.15, 0.2) is 64.4 Å². The second kappa shape index (κ2) is 10.2. The van der Waals surface area contributed by atoms with Crippen LogP contribution in [0.5, 0.6) is 0 Å². The Hall–Kier alpha value is -2.27. The van der Waals surface area contributed by atoms with Crippen LogP contribution in [-0.4, -0.2) is 18.5 Å². The summed E-state index contributed by atoms with van der Waals surface area (Å²) in [6, 6.07) is 17.6. The second-order valence-corrected chi connectivity index (χ2v) is 10.1. The number of nitrogens with one attached hydrogen (secondary N) is 1. The summed E-state index contributed by atoms with van der Waals surface area (Å²) in [5.41, 5.74) is 0.998. The molecule has 0 aromatic heterocycles. The number of rotatable bonds is 6. The number of benzene rings is 2. The van der Waals surface area contributed by atoms with Crippen LogP contribution in [0.1, 0.15) is 46.5 Å². The topological polar surface area (TPSA) is 55.4 Å². The van der Waals surface area contributed by atoms with Gasteiger partial charge in [0.1, 0.15) is 0 Å². The number of hydrogen-bond acceptors (Lipinski definition) is 4. The van der Waals surface area contributed by atoms with E-state index in [-0.39, 0.29) is 29.8 Å². The predicted octanol–water partition coefficient (Wildman–Crippen LogP) is 6.17. The molecule has 0 aliphatic heterocycles. The lowest BCUT2D eigenvalue weighted by Gasteiger charge is -2.36. The number of anilines is 1. The van der Waals surface area contributed by atoms with Crippen molar-refractivity contribution in [3.63, 3.8) is 0 Å². The molecule has 2 aromatic carbocycles. The molecule has 160 valence electrons. The number of ether oxygens (including phenoxy) is 1. The molecule has 1 fully saturated rings. The number of carbonyl (C=O) groups excluding carboxylic acids is 2. The van der Waals surface area contributed by atoms with Gasteiger partial charge in [-0.05, 0) is 61.3 Å². The molecule has 1 saturated carbocycles. The molecule has 0 radical (unpaired) electrons. The van der Waals surface area contributed by atoms with Crippen LogP contribution in [0.25, 0.3) is 0 Å². The predicted molar refractivity (Wildman–Crippen MR) is 121 cm³/mol. The van der Waals surface area contributed by atoms with Crippen molar-refractivity contribution in [1.29, 1.82) is 0 Å². The molecular formula is C25H31NO3S. The molecule has 2 aromatic rings. The number of esters is 1. The van der Waals surface area contributed by atoms with Crippen molar-refractivity contribution in [2.75, 3.05) is 11.9 Å². The standard InChI is InChI=1S/C25H31NO3S/c1-25(2,3)19-15-13-18(14-16-19)24(28)29-17-23(27)26-21-11-7-8-12-22(21)30-20-9-5-4-6-10-20/h4-12,18-19H,13-17H2,1-3H3,(H,26,27). The minimum absolute atomic E-state index is 0.0858. The smallest absolute Gasteiger partial charge is 0.309 e. The van der Waals surface area contributed by atoms with Gasteiger partial charge in [0.15, 0.2) is 6.61 Å². The minimum atomic E-state index is -0.312. The quantitative estimate of drug-likeness (QED) is 0.562. The van der Waals surface area contributed by atoms with Gasteiger partial charge in [-0.2, -0.15) is 0 Å². The molecular weight excluding hydrogens is 394 g/mol. The Labute approximate surface area is 183 Å². The van der Waals surface area contributed by atoms with Gasteiger partial charge in [0, 0.05) is 9.79 Å². The summed E-state index contributed by atoms with van der Waals surface area (Å²) in [7, 11) is 0. The fourth-order valence-corrected chi connectivity index (χ4v) is 4.83. The zero-order valence-corrected chi connectivity index (χ0v) is 18.8. The molecule has 1 amide bonds. The van der Waals surface area contributed by atoms with Gasteiger partial charge in [-0.1, -0.05) is 62.9 Å². The highest BCUT2D eigenvalue weighted by atomic mass is 32.2. The molecule has 1 aliphatic rings. The van der Waals surface area contributed by atoms with Crippen molar-refractivity contribution >= 4 is 29.3 Å². The molecule has 0 unspecified atom stereocenters. The van der Waals surface area contributed by atoms with E-state index >= 15 is 0 Å². The molecule has 4 nitrogen and oxygen atoms in total. The lowest BCUT2D eigenvalue weighted by atomic mass is 9.70. The molecule has 1 aliphatic carbocycles. The zero-order valence-electron chi connectivity index (χ0n) is 18.0. The van der Waals surface area contributed by atoms with Crippen molar-refractivity contribution in [3.8, 4) is 0 Å². The Bertz CT molecular complexity index is 852. The normalized spacial score (nSPS) is 19.2. The third-order valence-electron chi connectivity index (χ3n) is 5.76. The molecule has 0 atom stereocenters. The van der Waals surface area contributed by atoms with Gasteiger partial charge in [0.05, 0.1) is 11.6 Å². The Morgan fingerprint density at radius 3 is 2.27 bits per heavy atom. The van der Waals surface area contributed by atoms with Crippen LogP contribution in [-0.2, 0) is 14.3 Å². The van der Waals surface area contributed by atoms with Gasteiger partial charge in [-0.15, -0.1) is 0 Å². The first-order valence-corrected chi connectivity index (χ1v) is 11.4. The molecule has 0 saturated heterocycles. The molecule has 5 heteroatoms. The van der Waals surface area contributed by atoms with Gasteiger partial charge in [-0.25, -0.2) is 0 Å². The van der Waals surface area contributed by atoms with Crippen molar-refractivity contribution in [3.05, 3.63) is 54.6 Å². The Morgan fingerprint density at radius 2 is 1.60 bits per heavy atom. The van der Waals surface area contributed by atoms with Crippen molar-refractivity contribution < 1.29 is 14.3 Å². The van der Waals surface area contributed by atoms with Crippen molar-refractivity contribution in [2.45, 2.75) is 56.2 Å². The lowest BCUT2D eigenvalue weighted by Crippen LogP contribution is -2.31. The highest BCUT2D eigenvalue weighted by Crippen LogP contribution is 2.40. The van der Waals surface area contributed by atoms with E-state index in [2.05, 4.69) is 26.1 Å². The summed E-state index contributed by atoms with van der Waals surface area (Å²) in [5.74, 6) is -0.00178. The van der Waals surface area contributed by atoms with Gasteiger partial charge in [-0.3, -0.25) is 9.59 Å². The summed E-state index contributed by atoms with van der Waals surface area (Å²) < 4.78 is 5.34. The average Bonchev–Trinajstić information content (AvgIpc) is 2.74. The van der Waals surface area contributed by atoms with Crippen LogP contribution in [0.4, 0.5) is 5.69 Å². The number of carbonyl (C=O) groups is 2. The van der Waals surface area contributed by atoms with Crippen LogP contribution in [0.3, 0.4) is 0 Å². The molecule has 0 spiro atoms. The first kappa shape index (κ1) is 22.4. The van der Waals surface area contributed by atoms with Gasteiger partial charge in [0.25, 0.3) is 5.91 Å². The van der Waals surface area contributed by atoms with Gasteiger partial charge < -0.3 is 10.1 Å². The SMILES string of the molecule is CC(C)(C)C1CCC(C(=O)OCC(=O)Nc2ccccc2Sc2ccccc2)CC1. The van der Waals surface area contributed by atoms with Gasteiger partial charge in [0.2, 0.25) is 0 Å². The Balaban J connectivity index is 1.49. The van der Waals surface area contributed by atoms with E-state index < -0.39 is 0 Å². The Kier molecular flexibility index (Phi) is 7.59. The fraction of sp³-hybridized carbons (Fsp3) is 0.440. The average molecular weight is 426 g/mol. The molecule has 30 heavy (non-hydrogen) atoms. The highest BCUT2D eigenvalue weighted by molar-refractivity contribution is 7.99. The third-order valence-corrected chi connectivity index (χ3v) is 6.85. The number of hydrogen-bond donors (Lipinski definition) is 1. The lowest BCUT2D eigenvalue weighted by molar-refractivity contribution is -0.153. The van der Waals surface area contributed by atoms with E-state index in [1.165, 1.54) is 0 Å². The maximum atomic E-state index is 12.4. The highest BCUT2D eigenvalue weighted by Gasteiger charge is 2.33.